The molecule has 0 amide bonds. The predicted octanol–water partition coefficient (Wildman–Crippen LogP) is 4.51. The minimum atomic E-state index is -0.985. The van der Waals surface area contributed by atoms with E-state index in [2.05, 4.69) is 9.24 Å². The van der Waals surface area contributed by atoms with Crippen molar-refractivity contribution in [2.45, 2.75) is 25.4 Å². The zero-order valence-corrected chi connectivity index (χ0v) is 13.1. The molecule has 2 unspecified atom stereocenters. The SMILES string of the molecule is Fc1cc(C2CCCCO2)ccc1-c1cc(F)c(F)c(P)c1. The van der Waals surface area contributed by atoms with E-state index in [0.29, 0.717) is 12.2 Å². The molecule has 1 saturated heterocycles. The van der Waals surface area contributed by atoms with E-state index >= 15 is 0 Å². The van der Waals surface area contributed by atoms with Crippen LogP contribution in [0.3, 0.4) is 0 Å². The van der Waals surface area contributed by atoms with Gasteiger partial charge >= 0.3 is 0 Å². The zero-order chi connectivity index (χ0) is 15.7. The summed E-state index contributed by atoms with van der Waals surface area (Å²) >= 11 is 0. The molecule has 2 aromatic rings. The van der Waals surface area contributed by atoms with Gasteiger partial charge in [0.2, 0.25) is 0 Å². The Bertz CT molecular complexity index is 673. The Morgan fingerprint density at radius 2 is 1.82 bits per heavy atom. The number of halogens is 3. The molecule has 0 N–H and O–H groups in total. The van der Waals surface area contributed by atoms with Crippen molar-refractivity contribution in [2.24, 2.45) is 0 Å². The summed E-state index contributed by atoms with van der Waals surface area (Å²) in [5.74, 6) is -2.37. The summed E-state index contributed by atoms with van der Waals surface area (Å²) in [5.41, 5.74) is 1.36. The standard InChI is InChI=1S/C17H16F3OP/c18-13-7-10(15-3-1-2-6-21-15)4-5-12(13)11-8-14(19)17(20)16(22)9-11/h4-5,7-9,15H,1-3,6,22H2. The van der Waals surface area contributed by atoms with E-state index in [9.17, 15) is 13.2 Å². The molecule has 1 fully saturated rings. The number of benzene rings is 2. The molecule has 0 aliphatic carbocycles. The molecule has 1 aliphatic rings. The van der Waals surface area contributed by atoms with Crippen LogP contribution in [0.2, 0.25) is 0 Å². The van der Waals surface area contributed by atoms with Crippen molar-refractivity contribution in [1.82, 2.24) is 0 Å². The van der Waals surface area contributed by atoms with E-state index in [0.717, 1.165) is 30.9 Å². The molecule has 22 heavy (non-hydrogen) atoms. The van der Waals surface area contributed by atoms with Gasteiger partial charge in [-0.15, -0.1) is 9.24 Å². The second-order valence-electron chi connectivity index (χ2n) is 5.46. The fraction of sp³-hybridized carbons (Fsp3) is 0.294. The van der Waals surface area contributed by atoms with Crippen LogP contribution in [0, 0.1) is 17.5 Å². The summed E-state index contributed by atoms with van der Waals surface area (Å²) in [6.45, 7) is 0.688. The summed E-state index contributed by atoms with van der Waals surface area (Å²) in [6, 6.07) is 7.24. The molecule has 116 valence electrons. The molecule has 2 aromatic carbocycles. The van der Waals surface area contributed by atoms with Crippen LogP contribution in [-0.2, 0) is 4.74 Å². The van der Waals surface area contributed by atoms with E-state index in [-0.39, 0.29) is 17.0 Å². The van der Waals surface area contributed by atoms with E-state index in [1.54, 1.807) is 12.1 Å². The summed E-state index contributed by atoms with van der Waals surface area (Å²) in [7, 11) is 2.12. The van der Waals surface area contributed by atoms with Gasteiger partial charge in [-0.3, -0.25) is 0 Å². The topological polar surface area (TPSA) is 9.23 Å². The lowest BCUT2D eigenvalue weighted by Crippen LogP contribution is -2.11. The second-order valence-corrected chi connectivity index (χ2v) is 6.08. The van der Waals surface area contributed by atoms with Crippen molar-refractivity contribution in [3.8, 4) is 11.1 Å². The molecular weight excluding hydrogens is 308 g/mol. The average molecular weight is 324 g/mol. The Labute approximate surface area is 129 Å². The van der Waals surface area contributed by atoms with Gasteiger partial charge in [0.15, 0.2) is 11.6 Å². The fourth-order valence-electron chi connectivity index (χ4n) is 2.74. The molecule has 0 bridgehead atoms. The summed E-state index contributed by atoms with van der Waals surface area (Å²) < 4.78 is 46.8. The van der Waals surface area contributed by atoms with Crippen LogP contribution in [0.4, 0.5) is 13.2 Å². The molecule has 0 radical (unpaired) electrons. The van der Waals surface area contributed by atoms with E-state index in [4.69, 9.17) is 4.74 Å². The van der Waals surface area contributed by atoms with Crippen LogP contribution in [0.25, 0.3) is 11.1 Å². The smallest absolute Gasteiger partial charge is 0.165 e. The summed E-state index contributed by atoms with van der Waals surface area (Å²) in [5, 5.41) is 0.0779. The predicted molar refractivity (Wildman–Crippen MR) is 83.6 cm³/mol. The minimum Gasteiger partial charge on any atom is -0.374 e. The number of hydrogen-bond acceptors (Lipinski definition) is 1. The van der Waals surface area contributed by atoms with Gasteiger partial charge in [0, 0.05) is 17.5 Å². The third kappa shape index (κ3) is 3.04. The third-order valence-electron chi connectivity index (χ3n) is 3.91. The van der Waals surface area contributed by atoms with E-state index in [1.165, 1.54) is 12.1 Å². The number of ether oxygens (including phenoxy) is 1. The first-order valence-corrected chi connectivity index (χ1v) is 7.80. The van der Waals surface area contributed by atoms with Crippen molar-refractivity contribution in [3.63, 3.8) is 0 Å². The Kier molecular flexibility index (Phi) is 4.51. The number of hydrogen-bond donors (Lipinski definition) is 0. The van der Waals surface area contributed by atoms with Crippen molar-refractivity contribution in [3.05, 3.63) is 53.3 Å². The number of rotatable bonds is 2. The molecular formula is C17H16F3OP. The van der Waals surface area contributed by atoms with Crippen LogP contribution in [-0.4, -0.2) is 6.61 Å². The van der Waals surface area contributed by atoms with Gasteiger partial charge in [-0.25, -0.2) is 13.2 Å². The highest BCUT2D eigenvalue weighted by molar-refractivity contribution is 7.27. The maximum absolute atomic E-state index is 14.4. The van der Waals surface area contributed by atoms with Gasteiger partial charge in [-0.05, 0) is 48.6 Å². The second kappa shape index (κ2) is 6.39. The molecule has 0 saturated carbocycles. The first kappa shape index (κ1) is 15.5. The molecule has 1 nitrogen and oxygen atoms in total. The van der Waals surface area contributed by atoms with Gasteiger partial charge in [0.1, 0.15) is 5.82 Å². The highest BCUT2D eigenvalue weighted by Crippen LogP contribution is 2.31. The third-order valence-corrected chi connectivity index (χ3v) is 4.33. The van der Waals surface area contributed by atoms with Crippen LogP contribution in [0.1, 0.15) is 30.9 Å². The first-order valence-electron chi connectivity index (χ1n) is 7.22. The summed E-state index contributed by atoms with van der Waals surface area (Å²) in [6.07, 6.45) is 2.88. The van der Waals surface area contributed by atoms with Crippen LogP contribution in [0.15, 0.2) is 30.3 Å². The molecule has 0 spiro atoms. The fourth-order valence-corrected chi connectivity index (χ4v) is 3.05. The molecule has 3 rings (SSSR count). The maximum atomic E-state index is 14.4. The van der Waals surface area contributed by atoms with Gasteiger partial charge in [0.05, 0.1) is 6.10 Å². The van der Waals surface area contributed by atoms with Crippen molar-refractivity contribution < 1.29 is 17.9 Å². The van der Waals surface area contributed by atoms with Gasteiger partial charge in [0.25, 0.3) is 0 Å². The Morgan fingerprint density at radius 3 is 2.45 bits per heavy atom. The van der Waals surface area contributed by atoms with Crippen LogP contribution in [0.5, 0.6) is 0 Å². The normalized spacial score (nSPS) is 18.5. The Morgan fingerprint density at radius 1 is 1.00 bits per heavy atom. The van der Waals surface area contributed by atoms with Crippen molar-refractivity contribution in [1.29, 1.82) is 0 Å². The molecule has 1 heterocycles. The maximum Gasteiger partial charge on any atom is 0.165 e. The van der Waals surface area contributed by atoms with Crippen molar-refractivity contribution in [2.75, 3.05) is 6.61 Å². The first-order chi connectivity index (χ1) is 10.6. The highest BCUT2D eigenvalue weighted by Gasteiger charge is 2.18. The Hall–Kier alpha value is -1.38. The molecule has 0 aromatic heterocycles. The Balaban J connectivity index is 1.95. The summed E-state index contributed by atoms with van der Waals surface area (Å²) in [4.78, 5) is 0. The quantitative estimate of drug-likeness (QED) is 0.739. The highest BCUT2D eigenvalue weighted by atomic mass is 31.0. The lowest BCUT2D eigenvalue weighted by atomic mass is 9.97. The van der Waals surface area contributed by atoms with E-state index in [1.807, 2.05) is 0 Å². The van der Waals surface area contributed by atoms with Crippen LogP contribution < -0.4 is 5.30 Å². The van der Waals surface area contributed by atoms with E-state index < -0.39 is 17.5 Å². The zero-order valence-electron chi connectivity index (χ0n) is 11.9. The van der Waals surface area contributed by atoms with Gasteiger partial charge in [-0.1, -0.05) is 12.1 Å². The van der Waals surface area contributed by atoms with Gasteiger partial charge < -0.3 is 4.74 Å². The monoisotopic (exact) mass is 324 g/mol. The molecule has 2 atom stereocenters. The molecule has 5 heteroatoms. The van der Waals surface area contributed by atoms with Gasteiger partial charge in [-0.2, -0.15) is 0 Å². The minimum absolute atomic E-state index is 0.0779. The lowest BCUT2D eigenvalue weighted by molar-refractivity contribution is 0.0148. The largest absolute Gasteiger partial charge is 0.374 e. The molecule has 1 aliphatic heterocycles. The lowest BCUT2D eigenvalue weighted by Gasteiger charge is -2.23. The average Bonchev–Trinajstić information content (AvgIpc) is 2.53. The van der Waals surface area contributed by atoms with Crippen LogP contribution >= 0.6 is 9.24 Å². The van der Waals surface area contributed by atoms with Crippen molar-refractivity contribution >= 4 is 14.5 Å².